The summed E-state index contributed by atoms with van der Waals surface area (Å²) in [5.74, 6) is 0.851. The largest absolute Gasteiger partial charge is 0.497 e. The van der Waals surface area contributed by atoms with Crippen molar-refractivity contribution >= 4 is 29.5 Å². The van der Waals surface area contributed by atoms with Crippen molar-refractivity contribution in [1.29, 1.82) is 0 Å². The first-order chi connectivity index (χ1) is 27.0. The number of carbonyl (C=O) groups excluding carboxylic acids is 2. The van der Waals surface area contributed by atoms with Gasteiger partial charge in [-0.25, -0.2) is 4.79 Å². The number of thioether (sulfide) groups is 1. The standard InChI is InChI=1S/C44H62N2O8S/c1-51-40-26-24-39(25-27-40)44(37-19-11-8-12-20-37,38-21-13-9-14-22-38)55-34-18-7-5-3-2-4-6-15-23-41(47)45-28-16-10-17-29-46-42(48)35-53-32-30-52-31-33-54-36-43(49)50/h8-9,11-14,19-22,24-27H,2-7,10,15-18,23,28-36H2,1H3,(H,45,47)(H,46,48)(H,49,50). The Hall–Kier alpha value is -3.90. The summed E-state index contributed by atoms with van der Waals surface area (Å²) in [6.45, 7) is 1.88. The van der Waals surface area contributed by atoms with Crippen LogP contribution in [-0.4, -0.2) is 88.5 Å². The van der Waals surface area contributed by atoms with Gasteiger partial charge in [0.1, 0.15) is 19.0 Å². The van der Waals surface area contributed by atoms with Crippen LogP contribution in [0.4, 0.5) is 0 Å². The smallest absolute Gasteiger partial charge is 0.329 e. The molecule has 0 fully saturated rings. The van der Waals surface area contributed by atoms with E-state index in [1.54, 1.807) is 7.11 Å². The summed E-state index contributed by atoms with van der Waals surface area (Å²) in [6.07, 6.45) is 12.5. The number of carboxylic acid groups (broad SMARTS) is 1. The maximum atomic E-state index is 12.2. The van der Waals surface area contributed by atoms with E-state index in [0.29, 0.717) is 26.1 Å². The maximum Gasteiger partial charge on any atom is 0.329 e. The Labute approximate surface area is 332 Å². The molecule has 0 aliphatic heterocycles. The second-order valence-electron chi connectivity index (χ2n) is 13.4. The van der Waals surface area contributed by atoms with Crippen molar-refractivity contribution in [3.05, 3.63) is 102 Å². The second kappa shape index (κ2) is 28.5. The molecule has 3 rings (SSSR count). The predicted octanol–water partition coefficient (Wildman–Crippen LogP) is 7.77. The van der Waals surface area contributed by atoms with E-state index in [9.17, 15) is 14.4 Å². The zero-order valence-corrected chi connectivity index (χ0v) is 33.5. The number of unbranched alkanes of at least 4 members (excludes halogenated alkanes) is 9. The molecule has 2 amide bonds. The molecule has 10 nitrogen and oxygen atoms in total. The number of hydrogen-bond donors (Lipinski definition) is 3. The highest BCUT2D eigenvalue weighted by Crippen LogP contribution is 2.49. The molecule has 0 heterocycles. The van der Waals surface area contributed by atoms with E-state index in [0.717, 1.165) is 43.6 Å². The van der Waals surface area contributed by atoms with Crippen LogP contribution in [0, 0.1) is 0 Å². The fourth-order valence-corrected chi connectivity index (χ4v) is 7.84. The van der Waals surface area contributed by atoms with Gasteiger partial charge in [-0.2, -0.15) is 0 Å². The molecule has 302 valence electrons. The van der Waals surface area contributed by atoms with Crippen LogP contribution in [0.5, 0.6) is 5.75 Å². The fraction of sp³-hybridized carbons (Fsp3) is 0.523. The van der Waals surface area contributed by atoms with Crippen LogP contribution in [-0.2, 0) is 33.3 Å². The Balaban J connectivity index is 1.18. The number of ether oxygens (including phenoxy) is 4. The fourth-order valence-electron chi connectivity index (χ4n) is 6.28. The lowest BCUT2D eigenvalue weighted by molar-refractivity contribution is -0.142. The third-order valence-corrected chi connectivity index (χ3v) is 10.8. The van der Waals surface area contributed by atoms with E-state index in [4.69, 9.17) is 24.1 Å². The molecule has 0 aliphatic rings. The van der Waals surface area contributed by atoms with Crippen LogP contribution in [0.25, 0.3) is 0 Å². The highest BCUT2D eigenvalue weighted by atomic mass is 32.2. The summed E-state index contributed by atoms with van der Waals surface area (Å²) >= 11 is 2.02. The average molecular weight is 779 g/mol. The lowest BCUT2D eigenvalue weighted by Crippen LogP contribution is -2.29. The molecule has 0 aromatic heterocycles. The van der Waals surface area contributed by atoms with Crippen LogP contribution in [0.2, 0.25) is 0 Å². The maximum absolute atomic E-state index is 12.2. The van der Waals surface area contributed by atoms with Crippen LogP contribution in [0.3, 0.4) is 0 Å². The number of carboxylic acids is 1. The van der Waals surface area contributed by atoms with Crippen LogP contribution in [0.15, 0.2) is 84.9 Å². The van der Waals surface area contributed by atoms with Gasteiger partial charge >= 0.3 is 5.97 Å². The highest BCUT2D eigenvalue weighted by Gasteiger charge is 2.36. The zero-order valence-electron chi connectivity index (χ0n) is 32.6. The first-order valence-corrected chi connectivity index (χ1v) is 20.8. The molecule has 0 saturated carbocycles. The van der Waals surface area contributed by atoms with Crippen molar-refractivity contribution in [1.82, 2.24) is 10.6 Å². The first kappa shape index (κ1) is 45.5. The van der Waals surface area contributed by atoms with Crippen LogP contribution >= 0.6 is 11.8 Å². The van der Waals surface area contributed by atoms with Gasteiger partial charge in [0.2, 0.25) is 11.8 Å². The van der Waals surface area contributed by atoms with Gasteiger partial charge in [-0.05, 0) is 66.7 Å². The van der Waals surface area contributed by atoms with Gasteiger partial charge in [-0.15, -0.1) is 11.8 Å². The third kappa shape index (κ3) is 18.5. The zero-order chi connectivity index (χ0) is 39.2. The van der Waals surface area contributed by atoms with E-state index in [1.807, 2.05) is 11.8 Å². The molecule has 3 aromatic rings. The topological polar surface area (TPSA) is 132 Å². The van der Waals surface area contributed by atoms with Crippen molar-refractivity contribution in [3.8, 4) is 5.75 Å². The van der Waals surface area contributed by atoms with Gasteiger partial charge in [0, 0.05) is 19.5 Å². The molecular weight excluding hydrogens is 717 g/mol. The molecule has 0 spiro atoms. The summed E-state index contributed by atoms with van der Waals surface area (Å²) in [5.41, 5.74) is 3.83. The second-order valence-corrected chi connectivity index (χ2v) is 14.7. The Morgan fingerprint density at radius 2 is 1.04 bits per heavy atom. The normalized spacial score (nSPS) is 11.3. The first-order valence-electron chi connectivity index (χ1n) is 19.8. The molecule has 0 radical (unpaired) electrons. The van der Waals surface area contributed by atoms with E-state index < -0.39 is 5.97 Å². The highest BCUT2D eigenvalue weighted by molar-refractivity contribution is 8.00. The summed E-state index contributed by atoms with van der Waals surface area (Å²) in [4.78, 5) is 34.4. The number of carbonyl (C=O) groups is 3. The van der Waals surface area contributed by atoms with E-state index in [2.05, 4.69) is 95.6 Å². The summed E-state index contributed by atoms with van der Waals surface area (Å²) in [7, 11) is 1.71. The van der Waals surface area contributed by atoms with Gasteiger partial charge in [0.15, 0.2) is 0 Å². The van der Waals surface area contributed by atoms with Gasteiger partial charge in [0.25, 0.3) is 0 Å². The summed E-state index contributed by atoms with van der Waals surface area (Å²) < 4.78 is 20.5. The van der Waals surface area contributed by atoms with Crippen LogP contribution < -0.4 is 15.4 Å². The Bertz CT molecular complexity index is 1420. The number of hydrogen-bond acceptors (Lipinski definition) is 8. The summed E-state index contributed by atoms with van der Waals surface area (Å²) in [5, 5.41) is 14.3. The SMILES string of the molecule is COc1ccc(C(SCCCCCCCCCCC(=O)NCCCCCNC(=O)COCCOCCOCC(=O)O)(c2ccccc2)c2ccccc2)cc1. The lowest BCUT2D eigenvalue weighted by atomic mass is 9.84. The number of aliphatic carboxylic acids is 1. The molecule has 0 aliphatic carbocycles. The number of amides is 2. The van der Waals surface area contributed by atoms with Gasteiger partial charge in [-0.1, -0.05) is 111 Å². The molecular formula is C44H62N2O8S. The van der Waals surface area contributed by atoms with Crippen molar-refractivity contribution in [2.45, 2.75) is 81.8 Å². The Kier molecular flexibility index (Phi) is 23.6. The minimum atomic E-state index is -1.02. The monoisotopic (exact) mass is 778 g/mol. The minimum Gasteiger partial charge on any atom is -0.497 e. The average Bonchev–Trinajstić information content (AvgIpc) is 3.21. The van der Waals surface area contributed by atoms with Crippen molar-refractivity contribution in [3.63, 3.8) is 0 Å². The van der Waals surface area contributed by atoms with Gasteiger partial charge < -0.3 is 34.7 Å². The lowest BCUT2D eigenvalue weighted by Gasteiger charge is -2.35. The van der Waals surface area contributed by atoms with Gasteiger partial charge in [0.05, 0.1) is 38.3 Å². The molecule has 0 saturated heterocycles. The van der Waals surface area contributed by atoms with E-state index in [-0.39, 0.29) is 49.6 Å². The minimum absolute atomic E-state index is 0.0352. The van der Waals surface area contributed by atoms with Crippen molar-refractivity contribution in [2.75, 3.05) is 65.6 Å². The molecule has 55 heavy (non-hydrogen) atoms. The molecule has 3 aromatic carbocycles. The number of benzene rings is 3. The summed E-state index contributed by atoms with van der Waals surface area (Å²) in [6, 6.07) is 30.2. The van der Waals surface area contributed by atoms with E-state index >= 15 is 0 Å². The Morgan fingerprint density at radius 3 is 1.60 bits per heavy atom. The van der Waals surface area contributed by atoms with Crippen LogP contribution in [0.1, 0.15) is 93.7 Å². The number of rotatable bonds is 32. The van der Waals surface area contributed by atoms with E-state index in [1.165, 1.54) is 55.2 Å². The molecule has 11 heteroatoms. The number of nitrogens with one attached hydrogen (secondary N) is 2. The number of methoxy groups -OCH3 is 1. The molecule has 0 unspecified atom stereocenters. The third-order valence-electron chi connectivity index (χ3n) is 9.17. The quantitative estimate of drug-likeness (QED) is 0.0430. The van der Waals surface area contributed by atoms with Crippen molar-refractivity contribution < 1.29 is 38.4 Å². The van der Waals surface area contributed by atoms with Crippen molar-refractivity contribution in [2.24, 2.45) is 0 Å². The molecule has 0 bridgehead atoms. The Morgan fingerprint density at radius 1 is 0.564 bits per heavy atom. The van der Waals surface area contributed by atoms with Gasteiger partial charge in [-0.3, -0.25) is 9.59 Å². The molecule has 0 atom stereocenters. The molecule has 3 N–H and O–H groups in total. The predicted molar refractivity (Wildman–Crippen MR) is 220 cm³/mol.